The number of nitrogens with zero attached hydrogens (tertiary/aromatic N) is 3. The van der Waals surface area contributed by atoms with E-state index < -0.39 is 36.2 Å². The van der Waals surface area contributed by atoms with E-state index in [4.69, 9.17) is 17.3 Å². The van der Waals surface area contributed by atoms with Crippen LogP contribution in [0.4, 0.5) is 29.3 Å². The summed E-state index contributed by atoms with van der Waals surface area (Å²) >= 11 is 6.14. The predicted octanol–water partition coefficient (Wildman–Crippen LogP) is 6.69. The number of hydrogen-bond acceptors (Lipinski definition) is 4. The van der Waals surface area contributed by atoms with Gasteiger partial charge in [0.1, 0.15) is 0 Å². The fourth-order valence-electron chi connectivity index (χ4n) is 7.30. The highest BCUT2D eigenvalue weighted by Gasteiger charge is 2.50. The SMILES string of the molecule is CCCC1CCN(C(=O)[C@@H](CC(=O)N2CCC(N3CCc4ccccc4NC3=O)CC2)[C@@H](c2ccc(N)c(Cl)c2)C(F)(F)F)CC1. The third kappa shape index (κ3) is 7.73. The minimum Gasteiger partial charge on any atom is -0.398 e. The Hall–Kier alpha value is -3.47. The lowest BCUT2D eigenvalue weighted by Crippen LogP contribution is -2.51. The van der Waals surface area contributed by atoms with Gasteiger partial charge in [0.15, 0.2) is 0 Å². The molecule has 0 spiro atoms. The van der Waals surface area contributed by atoms with E-state index in [1.165, 1.54) is 21.9 Å². The van der Waals surface area contributed by atoms with E-state index in [-0.39, 0.29) is 41.4 Å². The number of carbonyl (C=O) groups excluding carboxylic acids is 3. The van der Waals surface area contributed by atoms with Crippen LogP contribution in [0.3, 0.4) is 0 Å². The van der Waals surface area contributed by atoms with Crippen molar-refractivity contribution in [1.29, 1.82) is 0 Å². The van der Waals surface area contributed by atoms with E-state index in [1.807, 2.05) is 24.3 Å². The van der Waals surface area contributed by atoms with Gasteiger partial charge >= 0.3 is 12.2 Å². The van der Waals surface area contributed by atoms with Crippen LogP contribution in [0.1, 0.15) is 68.9 Å². The number of fused-ring (bicyclic) bond motifs is 1. The molecule has 0 saturated carbocycles. The highest BCUT2D eigenvalue weighted by molar-refractivity contribution is 6.33. The van der Waals surface area contributed by atoms with Crippen LogP contribution in [0.2, 0.25) is 5.02 Å². The number of alkyl halides is 3. The number of nitrogen functional groups attached to an aromatic ring is 1. The summed E-state index contributed by atoms with van der Waals surface area (Å²) in [4.78, 5) is 45.6. The van der Waals surface area contributed by atoms with Crippen molar-refractivity contribution in [1.82, 2.24) is 14.7 Å². The number of carbonyl (C=O) groups is 3. The Morgan fingerprint density at radius 3 is 2.33 bits per heavy atom. The molecule has 0 aromatic heterocycles. The van der Waals surface area contributed by atoms with Gasteiger partial charge in [-0.2, -0.15) is 13.2 Å². The van der Waals surface area contributed by atoms with Crippen LogP contribution in [0, 0.1) is 11.8 Å². The van der Waals surface area contributed by atoms with E-state index >= 15 is 0 Å². The van der Waals surface area contributed by atoms with Crippen LogP contribution in [-0.2, 0) is 16.0 Å². The second-order valence-corrected chi connectivity index (χ2v) is 13.2. The highest BCUT2D eigenvalue weighted by atomic mass is 35.5. The number of amides is 4. The number of benzene rings is 2. The number of nitrogens with one attached hydrogen (secondary N) is 1. The number of para-hydroxylation sites is 1. The Morgan fingerprint density at radius 2 is 1.67 bits per heavy atom. The van der Waals surface area contributed by atoms with Crippen molar-refractivity contribution in [2.45, 2.75) is 76.4 Å². The standard InChI is InChI=1S/C34H43ClF3N5O3/c1-2-5-22-10-15-42(16-11-22)32(45)26(31(34(36,37)38)24-8-9-28(39)27(35)20-24)21-30(44)41-17-13-25(14-18-41)43-19-12-23-6-3-4-7-29(23)40-33(43)46/h3-4,6-9,20,22,25-26,31H,2,5,10-19,21,39H2,1H3,(H,40,46)/t26-,31+/m0/s1. The predicted molar refractivity (Wildman–Crippen MR) is 172 cm³/mol. The van der Waals surface area contributed by atoms with Gasteiger partial charge in [-0.1, -0.05) is 55.6 Å². The Bertz CT molecular complexity index is 1410. The number of anilines is 2. The first-order valence-electron chi connectivity index (χ1n) is 16.3. The first-order valence-corrected chi connectivity index (χ1v) is 16.7. The minimum atomic E-state index is -4.81. The lowest BCUT2D eigenvalue weighted by Gasteiger charge is -2.40. The van der Waals surface area contributed by atoms with Gasteiger partial charge in [0, 0.05) is 50.9 Å². The molecule has 8 nitrogen and oxygen atoms in total. The molecule has 5 rings (SSSR count). The van der Waals surface area contributed by atoms with E-state index in [0.717, 1.165) is 43.0 Å². The molecule has 3 aliphatic heterocycles. The van der Waals surface area contributed by atoms with Crippen molar-refractivity contribution in [3.63, 3.8) is 0 Å². The molecular formula is C34H43ClF3N5O3. The highest BCUT2D eigenvalue weighted by Crippen LogP contribution is 2.44. The van der Waals surface area contributed by atoms with E-state index in [0.29, 0.717) is 44.8 Å². The number of piperidine rings is 2. The molecule has 4 amide bonds. The first kappa shape index (κ1) is 33.9. The van der Waals surface area contributed by atoms with Gasteiger partial charge in [-0.05, 0) is 67.3 Å². The lowest BCUT2D eigenvalue weighted by atomic mass is 9.81. The topological polar surface area (TPSA) is 99.0 Å². The van der Waals surface area contributed by atoms with E-state index in [2.05, 4.69) is 12.2 Å². The molecule has 0 radical (unpaired) electrons. The van der Waals surface area contributed by atoms with Gasteiger partial charge in [0.05, 0.1) is 22.5 Å². The molecule has 0 bridgehead atoms. The van der Waals surface area contributed by atoms with Crippen LogP contribution >= 0.6 is 11.6 Å². The molecule has 2 fully saturated rings. The van der Waals surface area contributed by atoms with Crippen LogP contribution in [0.25, 0.3) is 0 Å². The Balaban J connectivity index is 1.31. The maximum absolute atomic E-state index is 14.9. The molecule has 12 heteroatoms. The molecule has 0 aliphatic carbocycles. The number of nitrogens with two attached hydrogens (primary N) is 1. The third-order valence-corrected chi connectivity index (χ3v) is 10.2. The fourth-order valence-corrected chi connectivity index (χ4v) is 7.49. The maximum atomic E-state index is 14.9. The van der Waals surface area contributed by atoms with Crippen molar-refractivity contribution in [2.75, 3.05) is 43.8 Å². The van der Waals surface area contributed by atoms with Crippen molar-refractivity contribution >= 4 is 40.8 Å². The van der Waals surface area contributed by atoms with Crippen molar-refractivity contribution < 1.29 is 27.6 Å². The Morgan fingerprint density at radius 1 is 1.00 bits per heavy atom. The fraction of sp³-hybridized carbons (Fsp3) is 0.559. The van der Waals surface area contributed by atoms with E-state index in [9.17, 15) is 27.6 Å². The summed E-state index contributed by atoms with van der Waals surface area (Å²) in [5.74, 6) is -4.60. The summed E-state index contributed by atoms with van der Waals surface area (Å²) in [5, 5.41) is 2.94. The molecule has 2 saturated heterocycles. The van der Waals surface area contributed by atoms with Crippen LogP contribution in [0.15, 0.2) is 42.5 Å². The lowest BCUT2D eigenvalue weighted by molar-refractivity contribution is -0.175. The molecule has 2 aromatic rings. The molecule has 3 aliphatic rings. The quantitative estimate of drug-likeness (QED) is 0.308. The van der Waals surface area contributed by atoms with Gasteiger partial charge in [0.25, 0.3) is 0 Å². The molecule has 0 unspecified atom stereocenters. The Kier molecular flexibility index (Phi) is 10.7. The van der Waals surface area contributed by atoms with Crippen LogP contribution in [-0.4, -0.2) is 77.5 Å². The third-order valence-electron chi connectivity index (χ3n) is 9.87. The molecular weight excluding hydrogens is 619 g/mol. The molecule has 46 heavy (non-hydrogen) atoms. The molecule has 2 aromatic carbocycles. The number of likely N-dealkylation sites (tertiary alicyclic amines) is 2. The molecule has 2 atom stereocenters. The molecule has 250 valence electrons. The monoisotopic (exact) mass is 661 g/mol. The number of hydrogen-bond donors (Lipinski definition) is 2. The number of urea groups is 1. The first-order chi connectivity index (χ1) is 22.0. The molecule has 3 heterocycles. The summed E-state index contributed by atoms with van der Waals surface area (Å²) < 4.78 is 44.6. The second kappa shape index (κ2) is 14.5. The average molecular weight is 662 g/mol. The summed E-state index contributed by atoms with van der Waals surface area (Å²) in [6.45, 7) is 3.94. The maximum Gasteiger partial charge on any atom is 0.396 e. The van der Waals surface area contributed by atoms with Gasteiger partial charge in [-0.25, -0.2) is 4.79 Å². The number of halogens is 4. The zero-order chi connectivity index (χ0) is 33.0. The van der Waals surface area contributed by atoms with Gasteiger partial charge in [-0.3, -0.25) is 9.59 Å². The van der Waals surface area contributed by atoms with Crippen LogP contribution < -0.4 is 11.1 Å². The minimum absolute atomic E-state index is 0.0348. The summed E-state index contributed by atoms with van der Waals surface area (Å²) in [7, 11) is 0. The van der Waals surface area contributed by atoms with Gasteiger partial charge in [-0.15, -0.1) is 0 Å². The number of rotatable bonds is 8. The van der Waals surface area contributed by atoms with Gasteiger partial charge in [0.2, 0.25) is 11.8 Å². The second-order valence-electron chi connectivity index (χ2n) is 12.8. The van der Waals surface area contributed by atoms with Crippen molar-refractivity contribution in [3.05, 3.63) is 58.6 Å². The zero-order valence-electron chi connectivity index (χ0n) is 26.2. The summed E-state index contributed by atoms with van der Waals surface area (Å²) in [6.07, 6.45) is -0.222. The summed E-state index contributed by atoms with van der Waals surface area (Å²) in [6, 6.07) is 11.1. The van der Waals surface area contributed by atoms with Crippen LogP contribution in [0.5, 0.6) is 0 Å². The normalized spacial score (nSPS) is 19.7. The van der Waals surface area contributed by atoms with Crippen molar-refractivity contribution in [3.8, 4) is 0 Å². The van der Waals surface area contributed by atoms with E-state index in [1.54, 1.807) is 4.90 Å². The Labute approximate surface area is 273 Å². The smallest absolute Gasteiger partial charge is 0.396 e. The largest absolute Gasteiger partial charge is 0.398 e. The van der Waals surface area contributed by atoms with Crippen molar-refractivity contribution in [2.24, 2.45) is 11.8 Å². The summed E-state index contributed by atoms with van der Waals surface area (Å²) in [5.41, 5.74) is 7.58. The molecule has 3 N–H and O–H groups in total. The average Bonchev–Trinajstić information content (AvgIpc) is 3.20. The zero-order valence-corrected chi connectivity index (χ0v) is 27.0. The van der Waals surface area contributed by atoms with Gasteiger partial charge < -0.3 is 25.8 Å².